The number of fused-ring (bicyclic) bond motifs is 12. The van der Waals surface area contributed by atoms with E-state index in [1.165, 1.54) is 110 Å². The van der Waals surface area contributed by atoms with Crippen LogP contribution in [0.3, 0.4) is 0 Å². The van der Waals surface area contributed by atoms with Gasteiger partial charge in [0.05, 0.1) is 31.8 Å². The average Bonchev–Trinajstić information content (AvgIpc) is 3.31. The molecule has 9 unspecified atom stereocenters. The molecular formula is C58H79BBr4N4O5. The summed E-state index contributed by atoms with van der Waals surface area (Å²) in [6.45, 7) is 27.3. The van der Waals surface area contributed by atoms with Crippen molar-refractivity contribution in [1.29, 1.82) is 0 Å². The van der Waals surface area contributed by atoms with E-state index in [4.69, 9.17) is 38.8 Å². The fourth-order valence-electron chi connectivity index (χ4n) is 13.8. The molecule has 6 bridgehead atoms. The smallest absolute Gasteiger partial charge is 0.369 e. The topological polar surface area (TPSA) is 126 Å². The van der Waals surface area contributed by atoms with Crippen LogP contribution in [0.15, 0.2) is 40.9 Å². The number of phenols is 1. The molecule has 9 nitrogen and oxygen atoms in total. The summed E-state index contributed by atoms with van der Waals surface area (Å²) in [5, 5.41) is 10.0. The molecule has 5 N–H and O–H groups in total. The van der Waals surface area contributed by atoms with Gasteiger partial charge in [0.1, 0.15) is 22.8 Å². The molecule has 0 aromatic heterocycles. The van der Waals surface area contributed by atoms with Crippen molar-refractivity contribution in [3.63, 3.8) is 0 Å². The Morgan fingerprint density at radius 3 is 1.57 bits per heavy atom. The lowest BCUT2D eigenvalue weighted by atomic mass is 9.55. The summed E-state index contributed by atoms with van der Waals surface area (Å²) in [4.78, 5) is 19.8. The second-order valence-corrected chi connectivity index (χ2v) is 30.5. The van der Waals surface area contributed by atoms with Crippen molar-refractivity contribution in [3.8, 4) is 17.2 Å². The van der Waals surface area contributed by atoms with Crippen LogP contribution in [-0.4, -0.2) is 46.2 Å². The zero-order valence-electron chi connectivity index (χ0n) is 44.1. The molecule has 9 atom stereocenters. The maximum absolute atomic E-state index is 12.7. The third-order valence-electron chi connectivity index (χ3n) is 17.5. The number of nitrogens with zero attached hydrogens (tertiary/aromatic N) is 2. The molecule has 3 aromatic rings. The van der Waals surface area contributed by atoms with E-state index in [1.807, 2.05) is 32.9 Å². The number of benzene rings is 3. The van der Waals surface area contributed by atoms with Crippen LogP contribution in [0.4, 0.5) is 11.4 Å². The first-order valence-corrected chi connectivity index (χ1v) is 29.9. The number of hydrogen-bond acceptors (Lipinski definition) is 7. The minimum atomic E-state index is -0.430. The Balaban J connectivity index is 0.000000172. The van der Waals surface area contributed by atoms with Crippen LogP contribution in [0, 0.1) is 36.8 Å². The maximum atomic E-state index is 12.7. The van der Waals surface area contributed by atoms with Crippen LogP contribution in [0.5, 0.6) is 17.2 Å². The lowest BCUT2D eigenvalue weighted by molar-refractivity contribution is -0.157. The van der Waals surface area contributed by atoms with Crippen LogP contribution in [0.25, 0.3) is 9.69 Å². The Kier molecular flexibility index (Phi) is 20.4. The van der Waals surface area contributed by atoms with Gasteiger partial charge in [-0.1, -0.05) is 89.7 Å². The van der Waals surface area contributed by atoms with E-state index >= 15 is 0 Å². The van der Waals surface area contributed by atoms with Crippen molar-refractivity contribution in [3.05, 3.63) is 97.1 Å². The van der Waals surface area contributed by atoms with Gasteiger partial charge in [-0.25, -0.2) is 9.69 Å². The first kappa shape index (κ1) is 58.7. The Morgan fingerprint density at radius 2 is 1.08 bits per heavy atom. The van der Waals surface area contributed by atoms with Gasteiger partial charge >= 0.3 is 9.15 Å². The van der Waals surface area contributed by atoms with Crippen LogP contribution in [0.1, 0.15) is 178 Å². The van der Waals surface area contributed by atoms with E-state index in [1.54, 1.807) is 20.3 Å². The normalized spacial score (nSPS) is 29.1. The SMILES string of the molecule is BrB(Br)Br.COc1cc2c(cc1Br)CC1CCCCCC2(C)C1CC(=O)OC(C)(C)C.[C-]#[N+]c1cc2c(cc1O)C1(C)CCCCCC(C2)C1N.[C-]#[N+]c1cc2c(cc1OC)C1(C)CCCCCC(C2)C1N. The molecule has 0 saturated heterocycles. The fourth-order valence-corrected chi connectivity index (χ4v) is 14.3. The van der Waals surface area contributed by atoms with Crippen LogP contribution < -0.4 is 20.9 Å². The number of phenolic OH excluding ortho intramolecular Hbond substituents is 1. The van der Waals surface area contributed by atoms with Crippen LogP contribution in [-0.2, 0) is 45.0 Å². The Morgan fingerprint density at radius 1 is 0.667 bits per heavy atom. The highest BCUT2D eigenvalue weighted by molar-refractivity contribution is 9.69. The van der Waals surface area contributed by atoms with Crippen molar-refractivity contribution < 1.29 is 24.1 Å². The molecular weight excluding hydrogens is 1160 g/mol. The summed E-state index contributed by atoms with van der Waals surface area (Å²) in [6.07, 6.45) is 21.8. The molecule has 72 heavy (non-hydrogen) atoms. The minimum absolute atomic E-state index is 0.0104. The van der Waals surface area contributed by atoms with E-state index in [-0.39, 0.29) is 43.2 Å². The van der Waals surface area contributed by atoms with Crippen LogP contribution in [0.2, 0.25) is 0 Å². The molecule has 0 radical (unpaired) electrons. The van der Waals surface area contributed by atoms with Crippen LogP contribution >= 0.6 is 63.2 Å². The van der Waals surface area contributed by atoms with Crippen molar-refractivity contribution in [2.45, 2.75) is 197 Å². The Hall–Kier alpha value is -2.59. The number of aromatic hydroxyl groups is 1. The van der Waals surface area contributed by atoms with Gasteiger partial charge in [-0.15, -0.1) is 47.3 Å². The predicted molar refractivity (Wildman–Crippen MR) is 310 cm³/mol. The summed E-state index contributed by atoms with van der Waals surface area (Å²) in [5.74, 6) is 3.54. The molecule has 14 heteroatoms. The van der Waals surface area contributed by atoms with Crippen molar-refractivity contribution in [1.82, 2.24) is 0 Å². The number of rotatable bonds is 4. The predicted octanol–water partition coefficient (Wildman–Crippen LogP) is 16.0. The first-order valence-electron chi connectivity index (χ1n) is 26.4. The van der Waals surface area contributed by atoms with E-state index in [2.05, 4.69) is 112 Å². The lowest BCUT2D eigenvalue weighted by Gasteiger charge is -2.49. The second-order valence-electron chi connectivity index (χ2n) is 23.2. The molecule has 0 spiro atoms. The van der Waals surface area contributed by atoms with Gasteiger partial charge in [-0.2, -0.15) is 0 Å². The summed E-state index contributed by atoms with van der Waals surface area (Å²) < 4.78 is 18.0. The monoisotopic (exact) mass is 1240 g/mol. The number of carbonyl (C=O) groups excluding carboxylic acids is 1. The van der Waals surface area contributed by atoms with Crippen molar-refractivity contribution in [2.24, 2.45) is 35.1 Å². The molecule has 3 aromatic carbocycles. The molecule has 0 heterocycles. The number of nitrogens with two attached hydrogens (primary N) is 2. The van der Waals surface area contributed by atoms with E-state index in [9.17, 15) is 9.90 Å². The average molecular weight is 1240 g/mol. The van der Waals surface area contributed by atoms with Gasteiger partial charge < -0.3 is 30.8 Å². The molecule has 6 aliphatic carbocycles. The van der Waals surface area contributed by atoms with Crippen molar-refractivity contribution in [2.75, 3.05) is 14.2 Å². The highest BCUT2D eigenvalue weighted by Gasteiger charge is 2.48. The Labute approximate surface area is 465 Å². The number of esters is 1. The highest BCUT2D eigenvalue weighted by atomic mass is 79.9. The third kappa shape index (κ3) is 13.3. The van der Waals surface area contributed by atoms with E-state index in [0.29, 0.717) is 47.2 Å². The number of ether oxygens (including phenoxy) is 3. The van der Waals surface area contributed by atoms with Gasteiger partial charge in [0.15, 0.2) is 0 Å². The fraction of sp³-hybridized carbons (Fsp3) is 0.638. The summed E-state index contributed by atoms with van der Waals surface area (Å²) in [5.41, 5.74) is 21.6. The second kappa shape index (κ2) is 25.0. The van der Waals surface area contributed by atoms with Gasteiger partial charge in [0.25, 0.3) is 0 Å². The number of carbonyl (C=O) groups is 1. The molecule has 3 fully saturated rings. The molecule has 6 aliphatic rings. The summed E-state index contributed by atoms with van der Waals surface area (Å²) in [7, 11) is 3.36. The van der Waals surface area contributed by atoms with Crippen molar-refractivity contribution >= 4 is 83.7 Å². The number of methoxy groups -OCH3 is 2. The zero-order valence-corrected chi connectivity index (χ0v) is 50.4. The van der Waals surface area contributed by atoms with Gasteiger partial charge in [-0.05, 0) is 182 Å². The zero-order chi connectivity index (χ0) is 52.8. The number of hydrogen-bond donors (Lipinski definition) is 3. The quantitative estimate of drug-likeness (QED) is 0.135. The minimum Gasteiger partial charge on any atom is -0.519 e. The van der Waals surface area contributed by atoms with Gasteiger partial charge in [0, 0.05) is 29.3 Å². The maximum Gasteiger partial charge on any atom is 0.369 e. The molecule has 9 rings (SSSR count). The Bertz CT molecular complexity index is 2470. The van der Waals surface area contributed by atoms with E-state index < -0.39 is 5.60 Å². The third-order valence-corrected chi connectivity index (χ3v) is 18.1. The van der Waals surface area contributed by atoms with Gasteiger partial charge in [-0.3, -0.25) is 4.79 Å². The highest BCUT2D eigenvalue weighted by Crippen LogP contribution is 2.54. The lowest BCUT2D eigenvalue weighted by Crippen LogP contribution is -2.52. The standard InChI is InChI=1S/C23H33BrO3.C18H24N2O.C17H22N2O.BBr3/c1-22(2,3)27-21(25)14-18-15-9-7-6-8-10-23(18,4)17-13-20(26-5)19(24)12-16(17)11-15;1-18-8-6-4-5-7-12(17(18)19)9-13-10-15(20-2)16(21-3)11-14(13)18;1-17-7-5-3-4-6-11(16(17)18)8-12-9-14(19-2)15(20)10-13(12)17;2-1(3)4/h12-13,15,18H,6-11,14H2,1-5H3;10-12,17H,4-9,19H2,1,3H3;9-11,16,20H,3-8,18H2,1H3;. The first-order chi connectivity index (χ1) is 34.0. The van der Waals surface area contributed by atoms with Gasteiger partial charge in [0.2, 0.25) is 11.4 Å². The molecule has 0 aliphatic heterocycles. The largest absolute Gasteiger partial charge is 0.519 e. The molecule has 392 valence electrons. The molecule has 0 amide bonds. The van der Waals surface area contributed by atoms with E-state index in [0.717, 1.165) is 48.7 Å². The number of halogens is 4. The summed E-state index contributed by atoms with van der Waals surface area (Å²) in [6, 6.07) is 12.6. The molecule has 3 saturated carbocycles. The summed E-state index contributed by atoms with van der Waals surface area (Å²) >= 11 is 13.0.